The molecule has 0 saturated heterocycles. The maximum atomic E-state index is 13.9. The molecule has 1 unspecified atom stereocenters. The molecule has 0 aliphatic heterocycles. The molecule has 1 aromatic carbocycles. The van der Waals surface area contributed by atoms with Gasteiger partial charge in [0.05, 0.1) is 5.41 Å². The van der Waals surface area contributed by atoms with Crippen molar-refractivity contribution in [2.24, 2.45) is 0 Å². The van der Waals surface area contributed by atoms with Gasteiger partial charge in [-0.1, -0.05) is 23.4 Å². The van der Waals surface area contributed by atoms with Crippen molar-refractivity contribution >= 4 is 12.4 Å². The Hall–Kier alpha value is -1.46. The van der Waals surface area contributed by atoms with Gasteiger partial charge in [0.1, 0.15) is 5.82 Å². The lowest BCUT2D eigenvalue weighted by Crippen LogP contribution is -2.24. The van der Waals surface area contributed by atoms with E-state index in [9.17, 15) is 4.39 Å². The van der Waals surface area contributed by atoms with E-state index in [0.717, 1.165) is 0 Å². The average molecular weight is 314 g/mol. The molecular weight excluding hydrogens is 293 g/mol. The Morgan fingerprint density at radius 2 is 2.00 bits per heavy atom. The van der Waals surface area contributed by atoms with E-state index < -0.39 is 5.41 Å². The summed E-state index contributed by atoms with van der Waals surface area (Å²) in [5.74, 6) is 0.799. The molecule has 1 N–H and O–H groups in total. The van der Waals surface area contributed by atoms with Crippen molar-refractivity contribution in [3.05, 3.63) is 47.4 Å². The zero-order chi connectivity index (χ0) is 14.8. The van der Waals surface area contributed by atoms with Crippen LogP contribution in [0.5, 0.6) is 0 Å². The minimum absolute atomic E-state index is 0. The number of aromatic nitrogens is 2. The molecule has 116 valence electrons. The highest BCUT2D eigenvalue weighted by Crippen LogP contribution is 2.31. The summed E-state index contributed by atoms with van der Waals surface area (Å²) in [4.78, 5) is 4.40. The number of halogens is 2. The molecule has 21 heavy (non-hydrogen) atoms. The average Bonchev–Trinajstić information content (AvgIpc) is 2.88. The van der Waals surface area contributed by atoms with Crippen LogP contribution in [0.2, 0.25) is 0 Å². The van der Waals surface area contributed by atoms with Gasteiger partial charge in [-0.25, -0.2) is 4.39 Å². The fourth-order valence-electron chi connectivity index (χ4n) is 2.05. The summed E-state index contributed by atoms with van der Waals surface area (Å²) >= 11 is 0. The van der Waals surface area contributed by atoms with Crippen LogP contribution in [0, 0.1) is 5.82 Å². The first-order valence-corrected chi connectivity index (χ1v) is 6.70. The van der Waals surface area contributed by atoms with Crippen LogP contribution in [0.15, 0.2) is 28.8 Å². The minimum atomic E-state index is -0.653. The number of likely N-dealkylation sites (N-methyl/N-ethyl adjacent to an activating group) is 1. The quantitative estimate of drug-likeness (QED) is 0.921. The lowest BCUT2D eigenvalue weighted by atomic mass is 9.84. The van der Waals surface area contributed by atoms with Gasteiger partial charge in [-0.2, -0.15) is 4.98 Å². The van der Waals surface area contributed by atoms with Crippen LogP contribution in [0.3, 0.4) is 0 Å². The van der Waals surface area contributed by atoms with E-state index in [1.807, 2.05) is 27.8 Å². The molecule has 0 aliphatic carbocycles. The molecule has 0 radical (unpaired) electrons. The van der Waals surface area contributed by atoms with Gasteiger partial charge in [-0.05, 0) is 33.9 Å². The highest BCUT2D eigenvalue weighted by Gasteiger charge is 2.32. The molecule has 0 spiro atoms. The van der Waals surface area contributed by atoms with Crippen LogP contribution >= 0.6 is 12.4 Å². The molecule has 0 fully saturated rings. The zero-order valence-corrected chi connectivity index (χ0v) is 13.5. The smallest absolute Gasteiger partial charge is 0.236 e. The SMILES string of the molecule is CNC(C)Cc1noc(C(C)(C)c2ccccc2F)n1.Cl. The molecule has 0 bridgehead atoms. The van der Waals surface area contributed by atoms with Gasteiger partial charge in [0.15, 0.2) is 5.82 Å². The Morgan fingerprint density at radius 3 is 2.62 bits per heavy atom. The Kier molecular flexibility index (Phi) is 5.87. The number of nitrogens with zero attached hydrogens (tertiary/aromatic N) is 2. The van der Waals surface area contributed by atoms with Crippen LogP contribution in [0.25, 0.3) is 0 Å². The van der Waals surface area contributed by atoms with Gasteiger partial charge >= 0.3 is 0 Å². The summed E-state index contributed by atoms with van der Waals surface area (Å²) in [6, 6.07) is 6.92. The standard InChI is InChI=1S/C15H20FN3O.ClH/c1-10(17-4)9-13-18-14(20-19-13)15(2,3)11-7-5-6-8-12(11)16;/h5-8,10,17H,9H2,1-4H3;1H. The van der Waals surface area contributed by atoms with Crippen molar-refractivity contribution < 1.29 is 8.91 Å². The Labute approximate surface area is 130 Å². The number of hydrogen-bond donors (Lipinski definition) is 1. The maximum absolute atomic E-state index is 13.9. The molecule has 6 heteroatoms. The summed E-state index contributed by atoms with van der Waals surface area (Å²) in [6.45, 7) is 5.80. The van der Waals surface area contributed by atoms with Gasteiger partial charge in [-0.15, -0.1) is 12.4 Å². The van der Waals surface area contributed by atoms with E-state index in [-0.39, 0.29) is 24.3 Å². The lowest BCUT2D eigenvalue weighted by molar-refractivity contribution is 0.324. The second-order valence-electron chi connectivity index (χ2n) is 5.51. The van der Waals surface area contributed by atoms with Crippen molar-refractivity contribution in [3.63, 3.8) is 0 Å². The van der Waals surface area contributed by atoms with Gasteiger partial charge < -0.3 is 9.84 Å². The highest BCUT2D eigenvalue weighted by molar-refractivity contribution is 5.85. The van der Waals surface area contributed by atoms with Crippen molar-refractivity contribution in [2.45, 2.75) is 38.6 Å². The fraction of sp³-hybridized carbons (Fsp3) is 0.467. The number of rotatable bonds is 5. The number of hydrogen-bond acceptors (Lipinski definition) is 4. The molecule has 0 amide bonds. The van der Waals surface area contributed by atoms with Crippen LogP contribution in [0.4, 0.5) is 4.39 Å². The third-order valence-corrected chi connectivity index (χ3v) is 3.53. The first-order chi connectivity index (χ1) is 9.45. The molecule has 4 nitrogen and oxygen atoms in total. The summed E-state index contributed by atoms with van der Waals surface area (Å²) in [5, 5.41) is 7.10. The van der Waals surface area contributed by atoms with Crippen molar-refractivity contribution in [3.8, 4) is 0 Å². The normalized spacial score (nSPS) is 12.8. The topological polar surface area (TPSA) is 51.0 Å². The minimum Gasteiger partial charge on any atom is -0.338 e. The second kappa shape index (κ2) is 7.00. The first kappa shape index (κ1) is 17.6. The van der Waals surface area contributed by atoms with E-state index in [1.165, 1.54) is 6.07 Å². The predicted octanol–water partition coefficient (Wildman–Crippen LogP) is 3.11. The lowest BCUT2D eigenvalue weighted by Gasteiger charge is -2.20. The van der Waals surface area contributed by atoms with Gasteiger partial charge in [0.2, 0.25) is 5.89 Å². The van der Waals surface area contributed by atoms with E-state index >= 15 is 0 Å². The highest BCUT2D eigenvalue weighted by atomic mass is 35.5. The van der Waals surface area contributed by atoms with E-state index in [4.69, 9.17) is 4.52 Å². The first-order valence-electron chi connectivity index (χ1n) is 6.70. The maximum Gasteiger partial charge on any atom is 0.236 e. The monoisotopic (exact) mass is 313 g/mol. The molecule has 1 heterocycles. The van der Waals surface area contributed by atoms with Gasteiger partial charge in [-0.3, -0.25) is 0 Å². The Bertz CT molecular complexity index is 586. The molecule has 0 aliphatic rings. The van der Waals surface area contributed by atoms with Crippen LogP contribution in [0.1, 0.15) is 38.0 Å². The molecule has 0 saturated carbocycles. The zero-order valence-electron chi connectivity index (χ0n) is 12.7. The molecule has 1 aromatic heterocycles. The summed E-state index contributed by atoms with van der Waals surface area (Å²) in [6.07, 6.45) is 0.674. The Balaban J connectivity index is 0.00000220. The summed E-state index contributed by atoms with van der Waals surface area (Å²) in [5.41, 5.74) is -0.101. The van der Waals surface area contributed by atoms with Crippen molar-refractivity contribution in [1.29, 1.82) is 0 Å². The summed E-state index contributed by atoms with van der Waals surface area (Å²) < 4.78 is 19.3. The fourth-order valence-corrected chi connectivity index (χ4v) is 2.05. The van der Waals surface area contributed by atoms with E-state index in [1.54, 1.807) is 18.2 Å². The van der Waals surface area contributed by atoms with E-state index in [0.29, 0.717) is 23.7 Å². The van der Waals surface area contributed by atoms with Crippen LogP contribution in [-0.4, -0.2) is 23.2 Å². The van der Waals surface area contributed by atoms with Gasteiger partial charge in [0, 0.05) is 18.0 Å². The number of benzene rings is 1. The van der Waals surface area contributed by atoms with Crippen molar-refractivity contribution in [2.75, 3.05) is 7.05 Å². The van der Waals surface area contributed by atoms with E-state index in [2.05, 4.69) is 15.5 Å². The van der Waals surface area contributed by atoms with Gasteiger partial charge in [0.25, 0.3) is 0 Å². The Morgan fingerprint density at radius 1 is 1.33 bits per heavy atom. The number of nitrogens with one attached hydrogen (secondary N) is 1. The largest absolute Gasteiger partial charge is 0.338 e. The molecule has 1 atom stereocenters. The van der Waals surface area contributed by atoms with Crippen LogP contribution < -0.4 is 5.32 Å². The second-order valence-corrected chi connectivity index (χ2v) is 5.51. The molecule has 2 rings (SSSR count). The third kappa shape index (κ3) is 3.80. The molecule has 2 aromatic rings. The van der Waals surface area contributed by atoms with Crippen molar-refractivity contribution in [1.82, 2.24) is 15.5 Å². The van der Waals surface area contributed by atoms with Crippen LogP contribution in [-0.2, 0) is 11.8 Å². The molecular formula is C15H21ClFN3O. The summed E-state index contributed by atoms with van der Waals surface area (Å²) in [7, 11) is 1.88. The predicted molar refractivity (Wildman–Crippen MR) is 82.3 cm³/mol. The third-order valence-electron chi connectivity index (χ3n) is 3.53.